The zero-order chi connectivity index (χ0) is 30.7. The lowest BCUT2D eigenvalue weighted by molar-refractivity contribution is 0.165. The molecule has 0 aliphatic heterocycles. The number of aromatic amines is 1. The van der Waals surface area contributed by atoms with Crippen molar-refractivity contribution in [3.8, 4) is 34.0 Å². The first-order chi connectivity index (χ1) is 21.4. The van der Waals surface area contributed by atoms with Crippen LogP contribution in [0.1, 0.15) is 30.6 Å². The molecule has 6 rings (SSSR count). The molecular formula is C35H31ClN3O4P. The third-order valence-electron chi connectivity index (χ3n) is 7.50. The molecule has 0 spiro atoms. The van der Waals surface area contributed by atoms with Crippen molar-refractivity contribution in [1.82, 2.24) is 15.0 Å². The van der Waals surface area contributed by atoms with E-state index in [1.165, 1.54) is 7.11 Å². The Morgan fingerprint density at radius 2 is 1.59 bits per heavy atom. The number of pyridine rings is 1. The molecule has 2 unspecified atom stereocenters. The molecule has 0 bridgehead atoms. The monoisotopic (exact) mass is 623 g/mol. The minimum Gasteiger partial charge on any atom is -0.426 e. The van der Waals surface area contributed by atoms with Crippen LogP contribution >= 0.6 is 19.2 Å². The average Bonchev–Trinajstić information content (AvgIpc) is 3.45. The standard InChI is InChI=1S/C35H31ClN3O4P/c1-4-33(27-16-18-37-19-17-27)43-44(40,41-3)34-20-28(15-10-23(34)2)42-35-38-31-21-29(30(36)22-32(31)39-35)26-13-11-25(12-14-26)24-8-6-5-7-9-24/h5-22,33H,4H2,1-3H3,(H,38,39). The Morgan fingerprint density at radius 1 is 0.886 bits per heavy atom. The molecule has 222 valence electrons. The summed E-state index contributed by atoms with van der Waals surface area (Å²) in [5, 5.41) is 1.01. The Hall–Kier alpha value is -4.26. The van der Waals surface area contributed by atoms with E-state index in [9.17, 15) is 4.57 Å². The van der Waals surface area contributed by atoms with Gasteiger partial charge in [0.05, 0.1) is 27.5 Å². The molecule has 2 atom stereocenters. The number of halogens is 1. The molecule has 2 aromatic heterocycles. The van der Waals surface area contributed by atoms with Crippen LogP contribution in [0.15, 0.2) is 109 Å². The first-order valence-electron chi connectivity index (χ1n) is 14.2. The van der Waals surface area contributed by atoms with Gasteiger partial charge in [0.2, 0.25) is 0 Å². The van der Waals surface area contributed by atoms with Gasteiger partial charge in [-0.2, -0.15) is 4.98 Å². The maximum atomic E-state index is 14.1. The second kappa shape index (κ2) is 12.8. The molecule has 7 nitrogen and oxygen atoms in total. The first kappa shape index (κ1) is 29.8. The largest absolute Gasteiger partial charge is 0.426 e. The van der Waals surface area contributed by atoms with Gasteiger partial charge in [0.25, 0.3) is 6.01 Å². The fraction of sp³-hybridized carbons (Fsp3) is 0.143. The molecule has 0 saturated carbocycles. The second-order valence-electron chi connectivity index (χ2n) is 10.3. The van der Waals surface area contributed by atoms with E-state index in [1.54, 1.807) is 24.5 Å². The minimum absolute atomic E-state index is 0.277. The smallest absolute Gasteiger partial charge is 0.362 e. The maximum absolute atomic E-state index is 14.1. The number of hydrogen-bond acceptors (Lipinski definition) is 6. The molecule has 4 aromatic carbocycles. The van der Waals surface area contributed by atoms with Crippen LogP contribution in [0.2, 0.25) is 5.02 Å². The molecule has 0 radical (unpaired) electrons. The highest BCUT2D eigenvalue weighted by molar-refractivity contribution is 7.62. The van der Waals surface area contributed by atoms with Crippen LogP contribution in [-0.4, -0.2) is 22.1 Å². The normalized spacial score (nSPS) is 13.5. The minimum atomic E-state index is -3.71. The second-order valence-corrected chi connectivity index (χ2v) is 12.8. The lowest BCUT2D eigenvalue weighted by Gasteiger charge is -2.24. The highest BCUT2D eigenvalue weighted by atomic mass is 35.5. The molecule has 2 heterocycles. The predicted molar refractivity (Wildman–Crippen MR) is 176 cm³/mol. The van der Waals surface area contributed by atoms with Crippen LogP contribution in [0.5, 0.6) is 11.8 Å². The summed E-state index contributed by atoms with van der Waals surface area (Å²) in [6.07, 6.45) is 3.54. The zero-order valence-corrected chi connectivity index (χ0v) is 26.2. The van der Waals surface area contributed by atoms with Gasteiger partial charge in [-0.05, 0) is 77.6 Å². The molecule has 9 heteroatoms. The summed E-state index contributed by atoms with van der Waals surface area (Å²) < 4.78 is 31.9. The number of imidazole rings is 1. The number of nitrogens with zero attached hydrogens (tertiary/aromatic N) is 2. The van der Waals surface area contributed by atoms with E-state index in [1.807, 2.05) is 62.4 Å². The molecule has 1 N–H and O–H groups in total. The van der Waals surface area contributed by atoms with Crippen molar-refractivity contribution in [1.29, 1.82) is 0 Å². The topological polar surface area (TPSA) is 86.3 Å². The molecule has 44 heavy (non-hydrogen) atoms. The summed E-state index contributed by atoms with van der Waals surface area (Å²) >= 11 is 6.72. The van der Waals surface area contributed by atoms with Crippen molar-refractivity contribution in [3.05, 3.63) is 126 Å². The number of hydrogen-bond donors (Lipinski definition) is 1. The molecule has 0 fully saturated rings. The van der Waals surface area contributed by atoms with Crippen molar-refractivity contribution < 1.29 is 18.3 Å². The lowest BCUT2D eigenvalue weighted by atomic mass is 10.00. The first-order valence-corrected chi connectivity index (χ1v) is 16.2. The number of fused-ring (bicyclic) bond motifs is 1. The summed E-state index contributed by atoms with van der Waals surface area (Å²) in [5.41, 5.74) is 7.20. The van der Waals surface area contributed by atoms with Crippen LogP contribution in [0.25, 0.3) is 33.3 Å². The number of H-pyrrole nitrogens is 1. The number of benzene rings is 4. The summed E-state index contributed by atoms with van der Waals surface area (Å²) in [6, 6.07) is 31.6. The van der Waals surface area contributed by atoms with Crippen molar-refractivity contribution in [2.45, 2.75) is 26.4 Å². The van der Waals surface area contributed by atoms with Crippen LogP contribution in [0.4, 0.5) is 0 Å². The number of rotatable bonds is 10. The van der Waals surface area contributed by atoms with Gasteiger partial charge in [0.15, 0.2) is 0 Å². The fourth-order valence-corrected chi connectivity index (χ4v) is 7.19. The van der Waals surface area contributed by atoms with Crippen LogP contribution in [0.3, 0.4) is 0 Å². The zero-order valence-electron chi connectivity index (χ0n) is 24.5. The van der Waals surface area contributed by atoms with Gasteiger partial charge in [-0.15, -0.1) is 0 Å². The number of aromatic nitrogens is 3. The van der Waals surface area contributed by atoms with E-state index in [0.717, 1.165) is 38.9 Å². The lowest BCUT2D eigenvalue weighted by Crippen LogP contribution is -2.15. The molecule has 0 amide bonds. The fourth-order valence-electron chi connectivity index (χ4n) is 5.12. The molecule has 0 saturated heterocycles. The van der Waals surface area contributed by atoms with Gasteiger partial charge in [0, 0.05) is 25.1 Å². The summed E-state index contributed by atoms with van der Waals surface area (Å²) in [4.78, 5) is 11.9. The van der Waals surface area contributed by atoms with E-state index in [-0.39, 0.29) is 6.01 Å². The molecule has 6 aromatic rings. The molecule has 0 aliphatic rings. The van der Waals surface area contributed by atoms with Crippen molar-refractivity contribution in [2.24, 2.45) is 0 Å². The highest BCUT2D eigenvalue weighted by Crippen LogP contribution is 2.52. The van der Waals surface area contributed by atoms with E-state index >= 15 is 0 Å². The van der Waals surface area contributed by atoms with E-state index in [2.05, 4.69) is 51.4 Å². The Bertz CT molecular complexity index is 1950. The molecular weight excluding hydrogens is 593 g/mol. The van der Waals surface area contributed by atoms with E-state index in [0.29, 0.717) is 28.0 Å². The summed E-state index contributed by atoms with van der Waals surface area (Å²) in [5.74, 6) is 0.435. The Morgan fingerprint density at radius 3 is 2.30 bits per heavy atom. The SMILES string of the molecule is CCC(OP(=O)(OC)c1cc(Oc2nc3cc(-c4ccc(-c5ccccc5)cc4)c(Cl)cc3[nH]2)ccc1C)c1ccncc1. The quantitative estimate of drug-likeness (QED) is 0.153. The van der Waals surface area contributed by atoms with Crippen molar-refractivity contribution in [3.63, 3.8) is 0 Å². The van der Waals surface area contributed by atoms with Crippen LogP contribution < -0.4 is 10.0 Å². The van der Waals surface area contributed by atoms with Gasteiger partial charge < -0.3 is 14.2 Å². The Balaban J connectivity index is 1.26. The van der Waals surface area contributed by atoms with Gasteiger partial charge in [0.1, 0.15) is 5.75 Å². The van der Waals surface area contributed by atoms with Gasteiger partial charge in [-0.25, -0.2) is 0 Å². The Labute approximate surface area is 261 Å². The van der Waals surface area contributed by atoms with Gasteiger partial charge in [-0.1, -0.05) is 79.2 Å². The van der Waals surface area contributed by atoms with E-state index in [4.69, 9.17) is 25.4 Å². The number of aryl methyl sites for hydroxylation is 1. The van der Waals surface area contributed by atoms with Crippen LogP contribution in [0, 0.1) is 6.92 Å². The number of nitrogens with one attached hydrogen (secondary N) is 1. The van der Waals surface area contributed by atoms with Crippen molar-refractivity contribution in [2.75, 3.05) is 7.11 Å². The average molecular weight is 624 g/mol. The third-order valence-corrected chi connectivity index (χ3v) is 9.89. The van der Waals surface area contributed by atoms with Crippen molar-refractivity contribution >= 4 is 35.5 Å². The number of ether oxygens (including phenoxy) is 1. The Kier molecular flexibility index (Phi) is 8.65. The predicted octanol–water partition coefficient (Wildman–Crippen LogP) is 9.68. The van der Waals surface area contributed by atoms with Gasteiger partial charge in [-0.3, -0.25) is 14.1 Å². The van der Waals surface area contributed by atoms with E-state index < -0.39 is 13.7 Å². The van der Waals surface area contributed by atoms with Crippen LogP contribution in [-0.2, 0) is 13.6 Å². The maximum Gasteiger partial charge on any atom is 0.362 e. The highest BCUT2D eigenvalue weighted by Gasteiger charge is 2.32. The third kappa shape index (κ3) is 6.19. The molecule has 0 aliphatic carbocycles. The summed E-state index contributed by atoms with van der Waals surface area (Å²) in [6.45, 7) is 3.83. The van der Waals surface area contributed by atoms with Gasteiger partial charge >= 0.3 is 7.60 Å². The summed E-state index contributed by atoms with van der Waals surface area (Å²) in [7, 11) is -2.32.